The molecule has 9 heteroatoms. The van der Waals surface area contributed by atoms with E-state index < -0.39 is 22.0 Å². The van der Waals surface area contributed by atoms with E-state index in [9.17, 15) is 18.0 Å². The Balaban J connectivity index is 1.83. The van der Waals surface area contributed by atoms with Crippen LogP contribution in [-0.4, -0.2) is 81.0 Å². The molecule has 1 aliphatic heterocycles. The molecule has 29 heavy (non-hydrogen) atoms. The number of nitrogens with zero attached hydrogens (tertiary/aromatic N) is 2. The molecule has 1 saturated heterocycles. The van der Waals surface area contributed by atoms with Gasteiger partial charge < -0.3 is 15.0 Å². The number of alkyl carbamates (subject to hydrolysis) is 1. The third-order valence-corrected chi connectivity index (χ3v) is 5.81. The SMILES string of the molecule is CC(C)[C@H](NC(=O)OCc1ccccc1)C(=O)N1CCN(CCS(C)(=O)=O)CC1. The summed E-state index contributed by atoms with van der Waals surface area (Å²) in [5.41, 5.74) is 0.875. The van der Waals surface area contributed by atoms with E-state index in [0.717, 1.165) is 5.56 Å². The maximum absolute atomic E-state index is 12.9. The molecule has 1 N–H and O–H groups in total. The zero-order chi connectivity index (χ0) is 21.4. The summed E-state index contributed by atoms with van der Waals surface area (Å²) in [6.07, 6.45) is 0.607. The number of carbonyl (C=O) groups is 2. The number of rotatable bonds is 8. The van der Waals surface area contributed by atoms with Gasteiger partial charge in [0.05, 0.1) is 5.75 Å². The number of hydrogen-bond donors (Lipinski definition) is 1. The molecule has 1 aromatic carbocycles. The zero-order valence-corrected chi connectivity index (χ0v) is 18.2. The van der Waals surface area contributed by atoms with Crippen molar-refractivity contribution >= 4 is 21.8 Å². The van der Waals surface area contributed by atoms with Gasteiger partial charge >= 0.3 is 6.09 Å². The van der Waals surface area contributed by atoms with Gasteiger partial charge in [-0.05, 0) is 11.5 Å². The molecule has 1 fully saturated rings. The van der Waals surface area contributed by atoms with E-state index in [2.05, 4.69) is 5.32 Å². The molecule has 0 radical (unpaired) electrons. The van der Waals surface area contributed by atoms with Gasteiger partial charge in [0.15, 0.2) is 0 Å². The zero-order valence-electron chi connectivity index (χ0n) is 17.3. The minimum Gasteiger partial charge on any atom is -0.445 e. The predicted molar refractivity (Wildman–Crippen MR) is 111 cm³/mol. The van der Waals surface area contributed by atoms with Crippen molar-refractivity contribution < 1.29 is 22.7 Å². The average molecular weight is 426 g/mol. The molecular weight excluding hydrogens is 394 g/mol. The summed E-state index contributed by atoms with van der Waals surface area (Å²) in [4.78, 5) is 28.9. The number of ether oxygens (including phenoxy) is 1. The second-order valence-electron chi connectivity index (χ2n) is 7.72. The Morgan fingerprint density at radius 1 is 1.10 bits per heavy atom. The van der Waals surface area contributed by atoms with Gasteiger partial charge in [-0.15, -0.1) is 0 Å². The van der Waals surface area contributed by atoms with Gasteiger partial charge in [-0.2, -0.15) is 0 Å². The van der Waals surface area contributed by atoms with Gasteiger partial charge in [0.25, 0.3) is 0 Å². The molecule has 2 rings (SSSR count). The molecule has 0 aromatic heterocycles. The van der Waals surface area contributed by atoms with Crippen molar-refractivity contribution in [3.8, 4) is 0 Å². The molecule has 0 spiro atoms. The number of sulfone groups is 1. The fourth-order valence-corrected chi connectivity index (χ4v) is 3.68. The Labute approximate surface area is 173 Å². The molecule has 1 aromatic rings. The van der Waals surface area contributed by atoms with Crippen LogP contribution < -0.4 is 5.32 Å². The van der Waals surface area contributed by atoms with Crippen molar-refractivity contribution in [1.82, 2.24) is 15.1 Å². The summed E-state index contributed by atoms with van der Waals surface area (Å²) >= 11 is 0. The lowest BCUT2D eigenvalue weighted by atomic mass is 10.0. The molecular formula is C20H31N3O5S. The van der Waals surface area contributed by atoms with Crippen molar-refractivity contribution in [3.63, 3.8) is 0 Å². The molecule has 1 aliphatic rings. The monoisotopic (exact) mass is 425 g/mol. The number of piperazine rings is 1. The van der Waals surface area contributed by atoms with Crippen molar-refractivity contribution in [3.05, 3.63) is 35.9 Å². The largest absolute Gasteiger partial charge is 0.445 e. The molecule has 1 heterocycles. The number of carbonyl (C=O) groups excluding carboxylic acids is 2. The highest BCUT2D eigenvalue weighted by molar-refractivity contribution is 7.90. The molecule has 1 atom stereocenters. The second-order valence-corrected chi connectivity index (χ2v) is 9.98. The van der Waals surface area contributed by atoms with Crippen molar-refractivity contribution in [2.24, 2.45) is 5.92 Å². The predicted octanol–water partition coefficient (Wildman–Crippen LogP) is 1.13. The van der Waals surface area contributed by atoms with Crippen molar-refractivity contribution in [2.75, 3.05) is 44.7 Å². The average Bonchev–Trinajstić information content (AvgIpc) is 2.69. The van der Waals surface area contributed by atoms with Crippen molar-refractivity contribution in [2.45, 2.75) is 26.5 Å². The lowest BCUT2D eigenvalue weighted by Crippen LogP contribution is -2.56. The number of hydrogen-bond acceptors (Lipinski definition) is 6. The van der Waals surface area contributed by atoms with Gasteiger partial charge in [0.1, 0.15) is 22.5 Å². The third-order valence-electron chi connectivity index (χ3n) is 4.88. The topological polar surface area (TPSA) is 96.0 Å². The molecule has 0 aliphatic carbocycles. The van der Waals surface area contributed by atoms with Gasteiger partial charge in [0, 0.05) is 39.0 Å². The second kappa shape index (κ2) is 10.6. The Kier molecular flexibility index (Phi) is 8.45. The summed E-state index contributed by atoms with van der Waals surface area (Å²) in [7, 11) is -3.00. The van der Waals surface area contributed by atoms with Crippen LogP contribution in [0.5, 0.6) is 0 Å². The van der Waals surface area contributed by atoms with Crippen LogP contribution in [0.25, 0.3) is 0 Å². The van der Waals surface area contributed by atoms with Crippen LogP contribution in [0.15, 0.2) is 30.3 Å². The lowest BCUT2D eigenvalue weighted by Gasteiger charge is -2.37. The Hall–Kier alpha value is -2.13. The van der Waals surface area contributed by atoms with Crippen LogP contribution >= 0.6 is 0 Å². The van der Waals surface area contributed by atoms with E-state index in [1.54, 1.807) is 4.90 Å². The van der Waals surface area contributed by atoms with Gasteiger partial charge in [-0.1, -0.05) is 44.2 Å². The summed E-state index contributed by atoms with van der Waals surface area (Å²) in [5, 5.41) is 2.69. The maximum Gasteiger partial charge on any atom is 0.408 e. The Morgan fingerprint density at radius 3 is 2.28 bits per heavy atom. The highest BCUT2D eigenvalue weighted by Crippen LogP contribution is 2.11. The van der Waals surface area contributed by atoms with Crippen LogP contribution in [0, 0.1) is 5.92 Å². The fourth-order valence-electron chi connectivity index (χ4n) is 3.09. The normalized spacial score (nSPS) is 16.5. The Bertz CT molecular complexity index is 775. The smallest absolute Gasteiger partial charge is 0.408 e. The first-order valence-electron chi connectivity index (χ1n) is 9.82. The maximum atomic E-state index is 12.9. The first kappa shape index (κ1) is 23.2. The first-order valence-corrected chi connectivity index (χ1v) is 11.9. The molecule has 0 unspecified atom stereocenters. The van der Waals surface area contributed by atoms with Crippen LogP contribution in [-0.2, 0) is 26.0 Å². The standard InChI is InChI=1S/C20H31N3O5S/c1-16(2)18(21-20(25)28-15-17-7-5-4-6-8-17)19(24)23-11-9-22(10-12-23)13-14-29(3,26)27/h4-8,16,18H,9-15H2,1-3H3,(H,21,25)/t18-/m0/s1. The highest BCUT2D eigenvalue weighted by Gasteiger charge is 2.31. The number of nitrogens with one attached hydrogen (secondary N) is 1. The van der Waals surface area contributed by atoms with E-state index in [0.29, 0.717) is 32.7 Å². The molecule has 162 valence electrons. The Morgan fingerprint density at radius 2 is 1.72 bits per heavy atom. The molecule has 0 bridgehead atoms. The minimum absolute atomic E-state index is 0.0879. The lowest BCUT2D eigenvalue weighted by molar-refractivity contribution is -0.136. The van der Waals surface area contributed by atoms with Gasteiger partial charge in [-0.3, -0.25) is 9.69 Å². The number of amides is 2. The van der Waals surface area contributed by atoms with Gasteiger partial charge in [-0.25, -0.2) is 13.2 Å². The van der Waals surface area contributed by atoms with Crippen LogP contribution in [0.3, 0.4) is 0 Å². The molecule has 0 saturated carbocycles. The van der Waals surface area contributed by atoms with Crippen LogP contribution in [0.4, 0.5) is 4.79 Å². The van der Waals surface area contributed by atoms with Crippen LogP contribution in [0.1, 0.15) is 19.4 Å². The molecule has 2 amide bonds. The van der Waals surface area contributed by atoms with E-state index in [1.165, 1.54) is 6.26 Å². The van der Waals surface area contributed by atoms with E-state index >= 15 is 0 Å². The van der Waals surface area contributed by atoms with E-state index in [4.69, 9.17) is 4.74 Å². The fraction of sp³-hybridized carbons (Fsp3) is 0.600. The quantitative estimate of drug-likeness (QED) is 0.671. The number of benzene rings is 1. The van der Waals surface area contributed by atoms with Crippen molar-refractivity contribution in [1.29, 1.82) is 0 Å². The summed E-state index contributed by atoms with van der Waals surface area (Å²) in [5.74, 6) is -0.112. The minimum atomic E-state index is -3.00. The van der Waals surface area contributed by atoms with Crippen LogP contribution in [0.2, 0.25) is 0 Å². The first-order chi connectivity index (χ1) is 13.7. The summed E-state index contributed by atoms with van der Waals surface area (Å²) in [6.45, 7) is 6.61. The highest BCUT2D eigenvalue weighted by atomic mass is 32.2. The van der Waals surface area contributed by atoms with E-state index in [1.807, 2.05) is 49.1 Å². The summed E-state index contributed by atoms with van der Waals surface area (Å²) in [6, 6.07) is 8.68. The third kappa shape index (κ3) is 8.02. The molecule has 8 nitrogen and oxygen atoms in total. The van der Waals surface area contributed by atoms with E-state index in [-0.39, 0.29) is 24.2 Å². The summed E-state index contributed by atoms with van der Waals surface area (Å²) < 4.78 is 27.9. The van der Waals surface area contributed by atoms with Gasteiger partial charge in [0.2, 0.25) is 5.91 Å².